The van der Waals surface area contributed by atoms with Gasteiger partial charge >= 0.3 is 0 Å². The summed E-state index contributed by atoms with van der Waals surface area (Å²) in [5, 5.41) is 3.66. The van der Waals surface area contributed by atoms with E-state index in [0.717, 1.165) is 13.1 Å². The molecule has 0 aromatic carbocycles. The smallest absolute Gasteiger partial charge is 0.0667 e. The van der Waals surface area contributed by atoms with Crippen molar-refractivity contribution in [1.29, 1.82) is 0 Å². The maximum Gasteiger partial charge on any atom is 0.0667 e. The molecule has 0 radical (unpaired) electrons. The highest BCUT2D eigenvalue weighted by Gasteiger charge is 2.34. The van der Waals surface area contributed by atoms with Gasteiger partial charge in [0.05, 0.1) is 6.10 Å². The van der Waals surface area contributed by atoms with Crippen molar-refractivity contribution >= 4 is 0 Å². The van der Waals surface area contributed by atoms with Gasteiger partial charge in [-0.1, -0.05) is 20.3 Å². The summed E-state index contributed by atoms with van der Waals surface area (Å²) in [6.45, 7) is 8.47. The molecule has 0 saturated heterocycles. The molecule has 0 aromatic heterocycles. The fourth-order valence-electron chi connectivity index (χ4n) is 2.63. The van der Waals surface area contributed by atoms with E-state index < -0.39 is 0 Å². The summed E-state index contributed by atoms with van der Waals surface area (Å²) in [6, 6.07) is 0. The lowest BCUT2D eigenvalue weighted by atomic mass is 9.83. The normalized spacial score (nSPS) is 30.9. The summed E-state index contributed by atoms with van der Waals surface area (Å²) in [5.74, 6) is 0. The fourth-order valence-corrected chi connectivity index (χ4v) is 2.63. The summed E-state index contributed by atoms with van der Waals surface area (Å²) in [4.78, 5) is 0. The molecule has 3 N–H and O–H groups in total. The average Bonchev–Trinajstić information content (AvgIpc) is 2.46. The van der Waals surface area contributed by atoms with Gasteiger partial charge in [0, 0.05) is 25.7 Å². The van der Waals surface area contributed by atoms with Crippen molar-refractivity contribution < 1.29 is 4.74 Å². The second-order valence-electron chi connectivity index (χ2n) is 6.43. The first-order valence-corrected chi connectivity index (χ1v) is 6.91. The number of ether oxygens (including phenoxy) is 1. The molecule has 1 aliphatic rings. The van der Waals surface area contributed by atoms with Gasteiger partial charge < -0.3 is 15.8 Å². The summed E-state index contributed by atoms with van der Waals surface area (Å²) in [6.07, 6.45) is 6.50. The van der Waals surface area contributed by atoms with E-state index in [-0.39, 0.29) is 11.6 Å². The Kier molecular flexibility index (Phi) is 5.42. The summed E-state index contributed by atoms with van der Waals surface area (Å²) >= 11 is 0. The first-order valence-electron chi connectivity index (χ1n) is 6.91. The van der Waals surface area contributed by atoms with E-state index in [2.05, 4.69) is 26.1 Å². The molecule has 1 saturated carbocycles. The second kappa shape index (κ2) is 6.17. The lowest BCUT2D eigenvalue weighted by Gasteiger charge is -2.34. The van der Waals surface area contributed by atoms with Gasteiger partial charge in [-0.25, -0.2) is 0 Å². The van der Waals surface area contributed by atoms with Gasteiger partial charge in [0.25, 0.3) is 0 Å². The number of nitrogens with one attached hydrogen (secondary N) is 1. The Morgan fingerprint density at radius 2 is 1.94 bits per heavy atom. The quantitative estimate of drug-likeness (QED) is 0.727. The minimum Gasteiger partial charge on any atom is -0.380 e. The van der Waals surface area contributed by atoms with E-state index in [4.69, 9.17) is 10.5 Å². The van der Waals surface area contributed by atoms with E-state index in [1.165, 1.54) is 32.1 Å². The van der Waals surface area contributed by atoms with Crippen LogP contribution in [-0.4, -0.2) is 31.8 Å². The average molecular weight is 242 g/mol. The Morgan fingerprint density at radius 3 is 2.53 bits per heavy atom. The van der Waals surface area contributed by atoms with Crippen molar-refractivity contribution in [3.05, 3.63) is 0 Å². The van der Waals surface area contributed by atoms with Crippen LogP contribution in [0.3, 0.4) is 0 Å². The van der Waals surface area contributed by atoms with Crippen molar-refractivity contribution in [2.45, 2.75) is 64.5 Å². The molecule has 2 atom stereocenters. The van der Waals surface area contributed by atoms with Crippen LogP contribution >= 0.6 is 0 Å². The molecule has 0 spiro atoms. The third-order valence-electron chi connectivity index (χ3n) is 4.35. The Bertz CT molecular complexity index is 230. The van der Waals surface area contributed by atoms with Gasteiger partial charge in [0.15, 0.2) is 0 Å². The zero-order valence-electron chi connectivity index (χ0n) is 12.0. The van der Waals surface area contributed by atoms with Crippen molar-refractivity contribution in [2.75, 3.05) is 20.2 Å². The van der Waals surface area contributed by atoms with Crippen molar-refractivity contribution in [3.63, 3.8) is 0 Å². The van der Waals surface area contributed by atoms with Gasteiger partial charge in [0.1, 0.15) is 0 Å². The summed E-state index contributed by atoms with van der Waals surface area (Å²) in [7, 11) is 1.76. The Hall–Kier alpha value is -0.120. The molecule has 1 rings (SSSR count). The third kappa shape index (κ3) is 4.57. The highest BCUT2D eigenvalue weighted by molar-refractivity contribution is 4.94. The SMILES string of the molecule is COC(C)CNC1(CN)CCCC(C)(C)CC1. The van der Waals surface area contributed by atoms with E-state index in [1.54, 1.807) is 7.11 Å². The fraction of sp³-hybridized carbons (Fsp3) is 1.00. The van der Waals surface area contributed by atoms with Gasteiger partial charge in [-0.15, -0.1) is 0 Å². The first kappa shape index (κ1) is 14.9. The Balaban J connectivity index is 2.55. The first-order chi connectivity index (χ1) is 7.93. The van der Waals surface area contributed by atoms with Crippen LogP contribution in [0.15, 0.2) is 0 Å². The molecular weight excluding hydrogens is 212 g/mol. The topological polar surface area (TPSA) is 47.3 Å². The number of nitrogens with two attached hydrogens (primary N) is 1. The molecule has 17 heavy (non-hydrogen) atoms. The molecule has 102 valence electrons. The second-order valence-corrected chi connectivity index (χ2v) is 6.43. The lowest BCUT2D eigenvalue weighted by molar-refractivity contribution is 0.104. The number of hydrogen-bond acceptors (Lipinski definition) is 3. The predicted molar refractivity (Wildman–Crippen MR) is 73.1 cm³/mol. The van der Waals surface area contributed by atoms with Crippen LogP contribution in [0.5, 0.6) is 0 Å². The predicted octanol–water partition coefficient (Wildman–Crippen LogP) is 2.30. The van der Waals surface area contributed by atoms with Gasteiger partial charge in [-0.05, 0) is 38.0 Å². The largest absolute Gasteiger partial charge is 0.380 e. The van der Waals surface area contributed by atoms with Crippen LogP contribution in [0.4, 0.5) is 0 Å². The molecule has 2 unspecified atom stereocenters. The zero-order chi connectivity index (χ0) is 12.9. The molecule has 0 aliphatic heterocycles. The Morgan fingerprint density at radius 1 is 1.24 bits per heavy atom. The Labute approximate surface area is 106 Å². The van der Waals surface area contributed by atoms with Crippen LogP contribution < -0.4 is 11.1 Å². The number of rotatable bonds is 5. The molecule has 0 amide bonds. The third-order valence-corrected chi connectivity index (χ3v) is 4.35. The molecular formula is C14H30N2O. The molecule has 3 nitrogen and oxygen atoms in total. The zero-order valence-corrected chi connectivity index (χ0v) is 12.0. The van der Waals surface area contributed by atoms with E-state index >= 15 is 0 Å². The van der Waals surface area contributed by atoms with Gasteiger partial charge in [-0.2, -0.15) is 0 Å². The molecule has 1 fully saturated rings. The van der Waals surface area contributed by atoms with Crippen LogP contribution in [0.25, 0.3) is 0 Å². The maximum atomic E-state index is 6.02. The van der Waals surface area contributed by atoms with Crippen LogP contribution in [0.1, 0.15) is 52.9 Å². The summed E-state index contributed by atoms with van der Waals surface area (Å²) < 4.78 is 5.30. The minimum atomic E-state index is 0.139. The molecule has 1 aliphatic carbocycles. The summed E-state index contributed by atoms with van der Waals surface area (Å²) in [5.41, 5.74) is 6.64. The molecule has 0 bridgehead atoms. The van der Waals surface area contributed by atoms with E-state index in [9.17, 15) is 0 Å². The highest BCUT2D eigenvalue weighted by Crippen LogP contribution is 2.37. The number of hydrogen-bond donors (Lipinski definition) is 2. The number of methoxy groups -OCH3 is 1. The maximum absolute atomic E-state index is 6.02. The van der Waals surface area contributed by atoms with Crippen LogP contribution in [-0.2, 0) is 4.74 Å². The van der Waals surface area contributed by atoms with Crippen LogP contribution in [0.2, 0.25) is 0 Å². The van der Waals surface area contributed by atoms with Crippen molar-refractivity contribution in [1.82, 2.24) is 5.32 Å². The molecule has 0 aromatic rings. The minimum absolute atomic E-state index is 0.139. The standard InChI is InChI=1S/C14H30N2O/c1-12(17-4)10-16-14(11-15)7-5-6-13(2,3)8-9-14/h12,16H,5-11,15H2,1-4H3. The van der Waals surface area contributed by atoms with Crippen LogP contribution in [0, 0.1) is 5.41 Å². The van der Waals surface area contributed by atoms with E-state index in [1.807, 2.05) is 0 Å². The monoisotopic (exact) mass is 242 g/mol. The van der Waals surface area contributed by atoms with Gasteiger partial charge in [0.2, 0.25) is 0 Å². The highest BCUT2D eigenvalue weighted by atomic mass is 16.5. The van der Waals surface area contributed by atoms with E-state index in [0.29, 0.717) is 5.41 Å². The van der Waals surface area contributed by atoms with Crippen molar-refractivity contribution in [3.8, 4) is 0 Å². The molecule has 0 heterocycles. The molecule has 3 heteroatoms. The van der Waals surface area contributed by atoms with Gasteiger partial charge in [-0.3, -0.25) is 0 Å². The van der Waals surface area contributed by atoms with Crippen molar-refractivity contribution in [2.24, 2.45) is 11.1 Å². The lowest BCUT2D eigenvalue weighted by Crippen LogP contribution is -2.53.